The summed E-state index contributed by atoms with van der Waals surface area (Å²) < 4.78 is 24.3. The number of halogens is 1. The molecule has 1 aliphatic rings. The Bertz CT molecular complexity index is 862. The minimum absolute atomic E-state index is 0.0457. The van der Waals surface area contributed by atoms with Crippen LogP contribution in [0.2, 0.25) is 0 Å². The Morgan fingerprint density at radius 3 is 2.60 bits per heavy atom. The standard InChI is InChI=1S/C24H30FNO4/c1-17-4-3-5-18(14-17)10-13-30-22-15-20(6-7-21(22)29-2)26-24(23(27)28)11-8-19(16-25)9-12-24/h3-7,14-15,19,26H,8-13,16H2,1-2H3,(H,27,28). The van der Waals surface area contributed by atoms with Crippen molar-refractivity contribution in [3.63, 3.8) is 0 Å². The molecule has 0 atom stereocenters. The number of benzene rings is 2. The molecule has 1 aliphatic carbocycles. The van der Waals surface area contributed by atoms with Crippen LogP contribution >= 0.6 is 0 Å². The summed E-state index contributed by atoms with van der Waals surface area (Å²) in [4.78, 5) is 12.0. The highest BCUT2D eigenvalue weighted by Gasteiger charge is 2.42. The van der Waals surface area contributed by atoms with Crippen LogP contribution in [0.4, 0.5) is 10.1 Å². The van der Waals surface area contributed by atoms with Crippen molar-refractivity contribution < 1.29 is 23.8 Å². The van der Waals surface area contributed by atoms with Gasteiger partial charge in [-0.1, -0.05) is 29.8 Å². The molecule has 2 aromatic carbocycles. The summed E-state index contributed by atoms with van der Waals surface area (Å²) in [5.74, 6) is 0.205. The number of ether oxygens (including phenoxy) is 2. The summed E-state index contributed by atoms with van der Waals surface area (Å²) in [5, 5.41) is 13.0. The summed E-state index contributed by atoms with van der Waals surface area (Å²) in [5.41, 5.74) is 1.97. The van der Waals surface area contributed by atoms with Crippen molar-refractivity contribution in [1.82, 2.24) is 0 Å². The predicted molar refractivity (Wildman–Crippen MR) is 115 cm³/mol. The topological polar surface area (TPSA) is 67.8 Å². The monoisotopic (exact) mass is 415 g/mol. The lowest BCUT2D eigenvalue weighted by molar-refractivity contribution is -0.143. The zero-order chi connectivity index (χ0) is 21.6. The quantitative estimate of drug-likeness (QED) is 0.602. The molecule has 0 spiro atoms. The first-order valence-corrected chi connectivity index (χ1v) is 10.4. The molecule has 2 aromatic rings. The van der Waals surface area contributed by atoms with Crippen LogP contribution in [0.3, 0.4) is 0 Å². The lowest BCUT2D eigenvalue weighted by atomic mass is 9.76. The van der Waals surface area contributed by atoms with E-state index < -0.39 is 18.2 Å². The van der Waals surface area contributed by atoms with Crippen molar-refractivity contribution >= 4 is 11.7 Å². The molecule has 0 bridgehead atoms. The normalized spacial score (nSPS) is 21.1. The molecule has 2 N–H and O–H groups in total. The highest BCUT2D eigenvalue weighted by Crippen LogP contribution is 2.37. The Hall–Kier alpha value is -2.76. The molecule has 162 valence electrons. The molecule has 0 radical (unpaired) electrons. The number of nitrogens with one attached hydrogen (secondary N) is 1. The van der Waals surface area contributed by atoms with Crippen LogP contribution in [0, 0.1) is 12.8 Å². The Morgan fingerprint density at radius 1 is 1.20 bits per heavy atom. The molecule has 0 aliphatic heterocycles. The van der Waals surface area contributed by atoms with Crippen molar-refractivity contribution in [2.24, 2.45) is 5.92 Å². The third-order valence-electron chi connectivity index (χ3n) is 5.86. The minimum Gasteiger partial charge on any atom is -0.493 e. The maximum absolute atomic E-state index is 13.0. The number of methoxy groups -OCH3 is 1. The van der Waals surface area contributed by atoms with Gasteiger partial charge in [0.25, 0.3) is 0 Å². The average Bonchev–Trinajstić information content (AvgIpc) is 2.74. The maximum atomic E-state index is 13.0. The van der Waals surface area contributed by atoms with Gasteiger partial charge in [0.05, 0.1) is 20.4 Å². The zero-order valence-electron chi connectivity index (χ0n) is 17.6. The van der Waals surface area contributed by atoms with Crippen LogP contribution < -0.4 is 14.8 Å². The van der Waals surface area contributed by atoms with Crippen LogP contribution in [0.5, 0.6) is 11.5 Å². The number of carboxylic acid groups (broad SMARTS) is 1. The molecular formula is C24H30FNO4. The van der Waals surface area contributed by atoms with E-state index in [-0.39, 0.29) is 5.92 Å². The summed E-state index contributed by atoms with van der Waals surface area (Å²) in [6.45, 7) is 2.14. The first-order chi connectivity index (χ1) is 14.5. The van der Waals surface area contributed by atoms with Gasteiger partial charge in [0.15, 0.2) is 11.5 Å². The molecule has 0 amide bonds. The SMILES string of the molecule is COc1ccc(NC2(C(=O)O)CCC(CF)CC2)cc1OCCc1cccc(C)c1. The van der Waals surface area contributed by atoms with E-state index in [0.29, 0.717) is 49.5 Å². The number of carbonyl (C=O) groups is 1. The average molecular weight is 416 g/mol. The highest BCUT2D eigenvalue weighted by molar-refractivity contribution is 5.83. The van der Waals surface area contributed by atoms with Crippen molar-refractivity contribution in [2.45, 2.75) is 44.6 Å². The van der Waals surface area contributed by atoms with E-state index in [1.54, 1.807) is 25.3 Å². The predicted octanol–water partition coefficient (Wildman–Crippen LogP) is 5.02. The van der Waals surface area contributed by atoms with Crippen LogP contribution in [0.15, 0.2) is 42.5 Å². The summed E-state index contributed by atoms with van der Waals surface area (Å²) in [6, 6.07) is 13.6. The zero-order valence-corrected chi connectivity index (χ0v) is 17.6. The van der Waals surface area contributed by atoms with E-state index in [1.165, 1.54) is 11.1 Å². The van der Waals surface area contributed by atoms with Crippen molar-refractivity contribution in [3.05, 3.63) is 53.6 Å². The number of hydrogen-bond donors (Lipinski definition) is 2. The summed E-state index contributed by atoms with van der Waals surface area (Å²) in [7, 11) is 1.58. The van der Waals surface area contributed by atoms with Crippen LogP contribution in [0.1, 0.15) is 36.8 Å². The molecule has 6 heteroatoms. The Kier molecular flexibility index (Phi) is 7.19. The Morgan fingerprint density at radius 2 is 1.97 bits per heavy atom. The molecule has 1 saturated carbocycles. The van der Waals surface area contributed by atoms with E-state index >= 15 is 0 Å². The second kappa shape index (κ2) is 9.83. The van der Waals surface area contributed by atoms with Gasteiger partial charge in [0.2, 0.25) is 0 Å². The molecule has 0 saturated heterocycles. The fourth-order valence-corrected chi connectivity index (χ4v) is 4.01. The third-order valence-corrected chi connectivity index (χ3v) is 5.86. The number of anilines is 1. The van der Waals surface area contributed by atoms with Crippen molar-refractivity contribution in [3.8, 4) is 11.5 Å². The van der Waals surface area contributed by atoms with Gasteiger partial charge >= 0.3 is 5.97 Å². The van der Waals surface area contributed by atoms with Gasteiger partial charge in [-0.05, 0) is 56.2 Å². The van der Waals surface area contributed by atoms with E-state index in [9.17, 15) is 14.3 Å². The lowest BCUT2D eigenvalue weighted by Crippen LogP contribution is -2.49. The van der Waals surface area contributed by atoms with Gasteiger partial charge in [-0.15, -0.1) is 0 Å². The lowest BCUT2D eigenvalue weighted by Gasteiger charge is -2.37. The third kappa shape index (κ3) is 5.23. The van der Waals surface area contributed by atoms with Gasteiger partial charge in [-0.2, -0.15) is 0 Å². The number of carboxylic acids is 1. The van der Waals surface area contributed by atoms with Gasteiger partial charge < -0.3 is 19.9 Å². The van der Waals surface area contributed by atoms with Gasteiger partial charge in [-0.3, -0.25) is 4.39 Å². The molecule has 1 fully saturated rings. The summed E-state index contributed by atoms with van der Waals surface area (Å²) >= 11 is 0. The summed E-state index contributed by atoms with van der Waals surface area (Å²) in [6.07, 6.45) is 2.67. The van der Waals surface area contributed by atoms with E-state index in [2.05, 4.69) is 30.4 Å². The fourth-order valence-electron chi connectivity index (χ4n) is 4.01. The molecule has 30 heavy (non-hydrogen) atoms. The van der Waals surface area contributed by atoms with Crippen LogP contribution in [0.25, 0.3) is 0 Å². The smallest absolute Gasteiger partial charge is 0.329 e. The number of rotatable bonds is 9. The molecule has 5 nitrogen and oxygen atoms in total. The molecule has 0 unspecified atom stereocenters. The van der Waals surface area contributed by atoms with Crippen molar-refractivity contribution in [2.75, 3.05) is 25.7 Å². The van der Waals surface area contributed by atoms with Gasteiger partial charge in [0.1, 0.15) is 5.54 Å². The van der Waals surface area contributed by atoms with Crippen LogP contribution in [-0.2, 0) is 11.2 Å². The number of aryl methyl sites for hydroxylation is 1. The molecule has 0 aromatic heterocycles. The molecule has 3 rings (SSSR count). The number of hydrogen-bond acceptors (Lipinski definition) is 4. The van der Waals surface area contributed by atoms with Crippen LogP contribution in [-0.4, -0.2) is 37.0 Å². The number of alkyl halides is 1. The second-order valence-corrected chi connectivity index (χ2v) is 8.06. The molecule has 0 heterocycles. The first-order valence-electron chi connectivity index (χ1n) is 10.4. The van der Waals surface area contributed by atoms with Gasteiger partial charge in [0, 0.05) is 18.2 Å². The second-order valence-electron chi connectivity index (χ2n) is 8.06. The Balaban J connectivity index is 1.70. The minimum atomic E-state index is -1.08. The first kappa shape index (κ1) is 21.9. The number of aliphatic carboxylic acids is 1. The molecular weight excluding hydrogens is 385 g/mol. The Labute approximate surface area is 177 Å². The largest absolute Gasteiger partial charge is 0.493 e. The van der Waals surface area contributed by atoms with E-state index in [4.69, 9.17) is 9.47 Å². The fraction of sp³-hybridized carbons (Fsp3) is 0.458. The van der Waals surface area contributed by atoms with E-state index in [1.807, 2.05) is 6.07 Å². The van der Waals surface area contributed by atoms with E-state index in [0.717, 1.165) is 6.42 Å². The van der Waals surface area contributed by atoms with Gasteiger partial charge in [-0.25, -0.2) is 4.79 Å². The highest BCUT2D eigenvalue weighted by atomic mass is 19.1. The maximum Gasteiger partial charge on any atom is 0.329 e. The van der Waals surface area contributed by atoms with Crippen molar-refractivity contribution in [1.29, 1.82) is 0 Å².